The molecule has 4 nitrogen and oxygen atoms in total. The SMILES string of the molecule is COc1cc(Cl)cc(C(=O)Nc2cncc(C)c2)c1. The van der Waals surface area contributed by atoms with Gasteiger partial charge in [-0.05, 0) is 36.8 Å². The number of nitrogens with zero attached hydrogens (tertiary/aromatic N) is 1. The molecule has 0 aliphatic carbocycles. The summed E-state index contributed by atoms with van der Waals surface area (Å²) in [5.74, 6) is 0.285. The summed E-state index contributed by atoms with van der Waals surface area (Å²) in [6.07, 6.45) is 3.31. The van der Waals surface area contributed by atoms with E-state index in [1.54, 1.807) is 30.6 Å². The van der Waals surface area contributed by atoms with Crippen LogP contribution in [0.1, 0.15) is 15.9 Å². The Bertz CT molecular complexity index is 614. The fourth-order valence-electron chi connectivity index (χ4n) is 1.64. The predicted octanol–water partition coefficient (Wildman–Crippen LogP) is 3.30. The molecule has 0 atom stereocenters. The Morgan fingerprint density at radius 3 is 2.74 bits per heavy atom. The molecule has 2 rings (SSSR count). The molecule has 0 spiro atoms. The number of carbonyl (C=O) groups is 1. The van der Waals surface area contributed by atoms with E-state index in [0.717, 1.165) is 5.56 Å². The third kappa shape index (κ3) is 3.45. The fourth-order valence-corrected chi connectivity index (χ4v) is 1.86. The summed E-state index contributed by atoms with van der Waals surface area (Å²) in [7, 11) is 1.53. The first-order chi connectivity index (χ1) is 9.08. The Hall–Kier alpha value is -2.07. The molecule has 0 unspecified atom stereocenters. The van der Waals surface area contributed by atoms with Gasteiger partial charge in [-0.15, -0.1) is 0 Å². The van der Waals surface area contributed by atoms with Gasteiger partial charge in [0.05, 0.1) is 19.0 Å². The van der Waals surface area contributed by atoms with Crippen molar-refractivity contribution in [1.82, 2.24) is 4.98 Å². The molecular formula is C14H13ClN2O2. The van der Waals surface area contributed by atoms with Gasteiger partial charge in [0.2, 0.25) is 0 Å². The molecule has 19 heavy (non-hydrogen) atoms. The van der Waals surface area contributed by atoms with Crippen LogP contribution in [0.15, 0.2) is 36.7 Å². The third-order valence-electron chi connectivity index (χ3n) is 2.50. The number of halogens is 1. The Balaban J connectivity index is 2.22. The lowest BCUT2D eigenvalue weighted by molar-refractivity contribution is 0.102. The number of anilines is 1. The predicted molar refractivity (Wildman–Crippen MR) is 74.9 cm³/mol. The third-order valence-corrected chi connectivity index (χ3v) is 2.72. The molecule has 0 aliphatic heterocycles. The number of carbonyl (C=O) groups excluding carboxylic acids is 1. The molecule has 1 heterocycles. The summed E-state index contributed by atoms with van der Waals surface area (Å²) in [6.45, 7) is 1.91. The molecule has 1 amide bonds. The van der Waals surface area contributed by atoms with Gasteiger partial charge in [-0.1, -0.05) is 11.6 Å². The number of hydrogen-bond donors (Lipinski definition) is 1. The number of benzene rings is 1. The molecular weight excluding hydrogens is 264 g/mol. The van der Waals surface area contributed by atoms with Crippen LogP contribution in [0.3, 0.4) is 0 Å². The lowest BCUT2D eigenvalue weighted by Crippen LogP contribution is -2.12. The first kappa shape index (κ1) is 13.4. The van der Waals surface area contributed by atoms with Crippen molar-refractivity contribution in [3.8, 4) is 5.75 Å². The zero-order valence-corrected chi connectivity index (χ0v) is 11.4. The maximum Gasteiger partial charge on any atom is 0.255 e. The Morgan fingerprint density at radius 1 is 1.26 bits per heavy atom. The highest BCUT2D eigenvalue weighted by Crippen LogP contribution is 2.21. The van der Waals surface area contributed by atoms with Gasteiger partial charge in [0.25, 0.3) is 5.91 Å². The van der Waals surface area contributed by atoms with Crippen LogP contribution in [-0.4, -0.2) is 18.0 Å². The minimum absolute atomic E-state index is 0.256. The molecule has 1 N–H and O–H groups in total. The van der Waals surface area contributed by atoms with Gasteiger partial charge in [0.15, 0.2) is 0 Å². The molecule has 98 valence electrons. The highest BCUT2D eigenvalue weighted by atomic mass is 35.5. The second-order valence-corrected chi connectivity index (χ2v) is 4.52. The largest absolute Gasteiger partial charge is 0.497 e. The summed E-state index contributed by atoms with van der Waals surface area (Å²) >= 11 is 5.93. The van der Waals surface area contributed by atoms with Gasteiger partial charge in [-0.25, -0.2) is 0 Å². The van der Waals surface area contributed by atoms with Gasteiger partial charge in [-0.3, -0.25) is 9.78 Å². The maximum absolute atomic E-state index is 12.1. The molecule has 0 radical (unpaired) electrons. The first-order valence-corrected chi connectivity index (χ1v) is 6.04. The number of rotatable bonds is 3. The number of ether oxygens (including phenoxy) is 1. The highest BCUT2D eigenvalue weighted by Gasteiger charge is 2.09. The molecule has 0 aliphatic rings. The number of amides is 1. The lowest BCUT2D eigenvalue weighted by atomic mass is 10.2. The zero-order chi connectivity index (χ0) is 13.8. The van der Waals surface area contributed by atoms with Crippen molar-refractivity contribution in [2.45, 2.75) is 6.92 Å². The molecule has 0 fully saturated rings. The van der Waals surface area contributed by atoms with Crippen molar-refractivity contribution >= 4 is 23.2 Å². The van der Waals surface area contributed by atoms with E-state index in [0.29, 0.717) is 22.0 Å². The summed E-state index contributed by atoms with van der Waals surface area (Å²) < 4.78 is 5.08. The molecule has 0 bridgehead atoms. The van der Waals surface area contributed by atoms with Gasteiger partial charge >= 0.3 is 0 Å². The summed E-state index contributed by atoms with van der Waals surface area (Å²) in [4.78, 5) is 16.1. The second kappa shape index (κ2) is 5.71. The normalized spacial score (nSPS) is 10.1. The first-order valence-electron chi connectivity index (χ1n) is 5.66. The van der Waals surface area contributed by atoms with E-state index in [2.05, 4.69) is 10.3 Å². The number of nitrogens with one attached hydrogen (secondary N) is 1. The van der Waals surface area contributed by atoms with Gasteiger partial charge in [0, 0.05) is 16.8 Å². The topological polar surface area (TPSA) is 51.2 Å². The van der Waals surface area contributed by atoms with Crippen LogP contribution in [0.4, 0.5) is 5.69 Å². The highest BCUT2D eigenvalue weighted by molar-refractivity contribution is 6.31. The minimum atomic E-state index is -0.256. The number of hydrogen-bond acceptors (Lipinski definition) is 3. The quantitative estimate of drug-likeness (QED) is 0.936. The number of aryl methyl sites for hydroxylation is 1. The average Bonchev–Trinajstić information content (AvgIpc) is 2.38. The maximum atomic E-state index is 12.1. The van der Waals surface area contributed by atoms with Crippen LogP contribution in [0.25, 0.3) is 0 Å². The smallest absolute Gasteiger partial charge is 0.255 e. The molecule has 1 aromatic carbocycles. The zero-order valence-electron chi connectivity index (χ0n) is 10.6. The standard InChI is InChI=1S/C14H13ClN2O2/c1-9-3-12(8-16-7-9)17-14(18)10-4-11(15)6-13(5-10)19-2/h3-8H,1-2H3,(H,17,18). The minimum Gasteiger partial charge on any atom is -0.497 e. The Labute approximate surface area is 116 Å². The molecule has 2 aromatic rings. The van der Waals surface area contributed by atoms with E-state index in [1.165, 1.54) is 7.11 Å². The molecule has 0 saturated carbocycles. The van der Waals surface area contributed by atoms with Crippen LogP contribution in [-0.2, 0) is 0 Å². The number of aromatic nitrogens is 1. The van der Waals surface area contributed by atoms with Crippen molar-refractivity contribution in [2.75, 3.05) is 12.4 Å². The average molecular weight is 277 g/mol. The molecule has 0 saturated heterocycles. The van der Waals surface area contributed by atoms with Crippen LogP contribution in [0, 0.1) is 6.92 Å². The van der Waals surface area contributed by atoms with Crippen molar-refractivity contribution in [2.24, 2.45) is 0 Å². The molecule has 1 aromatic heterocycles. The summed E-state index contributed by atoms with van der Waals surface area (Å²) in [5.41, 5.74) is 2.05. The summed E-state index contributed by atoms with van der Waals surface area (Å²) in [6, 6.07) is 6.70. The van der Waals surface area contributed by atoms with Gasteiger partial charge in [-0.2, -0.15) is 0 Å². The monoisotopic (exact) mass is 276 g/mol. The van der Waals surface area contributed by atoms with E-state index in [9.17, 15) is 4.79 Å². The van der Waals surface area contributed by atoms with E-state index < -0.39 is 0 Å². The van der Waals surface area contributed by atoms with Crippen molar-refractivity contribution < 1.29 is 9.53 Å². The van der Waals surface area contributed by atoms with E-state index >= 15 is 0 Å². The van der Waals surface area contributed by atoms with E-state index in [-0.39, 0.29) is 5.91 Å². The van der Waals surface area contributed by atoms with Crippen LogP contribution in [0.2, 0.25) is 5.02 Å². The van der Waals surface area contributed by atoms with E-state index in [1.807, 2.05) is 13.0 Å². The van der Waals surface area contributed by atoms with Crippen LogP contribution >= 0.6 is 11.6 Å². The summed E-state index contributed by atoms with van der Waals surface area (Å²) in [5, 5.41) is 3.21. The van der Waals surface area contributed by atoms with Gasteiger partial charge < -0.3 is 10.1 Å². The van der Waals surface area contributed by atoms with E-state index in [4.69, 9.17) is 16.3 Å². The fraction of sp³-hybridized carbons (Fsp3) is 0.143. The van der Waals surface area contributed by atoms with Crippen LogP contribution in [0.5, 0.6) is 5.75 Å². The van der Waals surface area contributed by atoms with Crippen LogP contribution < -0.4 is 10.1 Å². The molecule has 5 heteroatoms. The van der Waals surface area contributed by atoms with Crippen molar-refractivity contribution in [3.05, 3.63) is 52.8 Å². The number of pyridine rings is 1. The second-order valence-electron chi connectivity index (χ2n) is 4.08. The van der Waals surface area contributed by atoms with Gasteiger partial charge in [0.1, 0.15) is 5.75 Å². The Kier molecular flexibility index (Phi) is 4.02. The Morgan fingerprint density at radius 2 is 2.05 bits per heavy atom. The van der Waals surface area contributed by atoms with Crippen molar-refractivity contribution in [3.63, 3.8) is 0 Å². The lowest BCUT2D eigenvalue weighted by Gasteiger charge is -2.07. The van der Waals surface area contributed by atoms with Crippen molar-refractivity contribution in [1.29, 1.82) is 0 Å². The number of methoxy groups -OCH3 is 1.